The van der Waals surface area contributed by atoms with E-state index in [9.17, 15) is 9.59 Å². The van der Waals surface area contributed by atoms with Crippen LogP contribution < -0.4 is 5.32 Å². The number of imidazole rings is 1. The van der Waals surface area contributed by atoms with Crippen LogP contribution in [0.1, 0.15) is 46.6 Å². The van der Waals surface area contributed by atoms with Crippen LogP contribution in [0.4, 0.5) is 4.79 Å². The van der Waals surface area contributed by atoms with Gasteiger partial charge in [0.25, 0.3) is 0 Å². The third-order valence-corrected chi connectivity index (χ3v) is 4.77. The first-order valence-electron chi connectivity index (χ1n) is 9.44. The summed E-state index contributed by atoms with van der Waals surface area (Å²) >= 11 is 0. The molecule has 2 aromatic rings. The van der Waals surface area contributed by atoms with Crippen LogP contribution in [0.3, 0.4) is 0 Å². The first kappa shape index (κ1) is 19.2. The van der Waals surface area contributed by atoms with Crippen molar-refractivity contribution in [3.05, 3.63) is 30.6 Å². The molecule has 1 aliphatic heterocycles. The van der Waals surface area contributed by atoms with E-state index in [1.165, 1.54) is 0 Å². The maximum atomic E-state index is 12.7. The molecule has 2 amide bonds. The lowest BCUT2D eigenvalue weighted by Crippen LogP contribution is -2.48. The van der Waals surface area contributed by atoms with Gasteiger partial charge in [0.1, 0.15) is 11.6 Å². The highest BCUT2D eigenvalue weighted by Gasteiger charge is 2.28. The Labute approximate surface area is 159 Å². The van der Waals surface area contributed by atoms with Crippen LogP contribution in [0.15, 0.2) is 30.6 Å². The van der Waals surface area contributed by atoms with Crippen LogP contribution >= 0.6 is 0 Å². The quantitative estimate of drug-likeness (QED) is 0.898. The molecule has 1 aliphatic rings. The second-order valence-electron chi connectivity index (χ2n) is 8.07. The van der Waals surface area contributed by atoms with Crippen molar-refractivity contribution in [2.45, 2.75) is 58.2 Å². The number of nitrogens with zero attached hydrogens (tertiary/aromatic N) is 3. The molecule has 1 atom stereocenters. The third-order valence-electron chi connectivity index (χ3n) is 4.77. The van der Waals surface area contributed by atoms with Crippen LogP contribution in [0.5, 0.6) is 0 Å². The fourth-order valence-electron chi connectivity index (χ4n) is 3.27. The number of hydrogen-bond donors (Lipinski definition) is 1. The number of benzene rings is 1. The van der Waals surface area contributed by atoms with Crippen LogP contribution in [0, 0.1) is 0 Å². The zero-order valence-electron chi connectivity index (χ0n) is 16.4. The topological polar surface area (TPSA) is 76.5 Å². The van der Waals surface area contributed by atoms with E-state index in [0.717, 1.165) is 23.9 Å². The van der Waals surface area contributed by atoms with E-state index < -0.39 is 5.60 Å². The van der Waals surface area contributed by atoms with Crippen molar-refractivity contribution in [3.8, 4) is 0 Å². The molecule has 1 aromatic heterocycles. The van der Waals surface area contributed by atoms with Gasteiger partial charge in [0, 0.05) is 19.1 Å². The number of rotatable bonds is 3. The highest BCUT2D eigenvalue weighted by molar-refractivity contribution is 5.83. The average Bonchev–Trinajstić information content (AvgIpc) is 3.04. The molecular weight excluding hydrogens is 344 g/mol. The second-order valence-corrected chi connectivity index (χ2v) is 8.07. The molecule has 7 nitrogen and oxygen atoms in total. The van der Waals surface area contributed by atoms with Gasteiger partial charge in [-0.05, 0) is 52.7 Å². The lowest BCUT2D eigenvalue weighted by atomic mass is 10.0. The molecule has 27 heavy (non-hydrogen) atoms. The Kier molecular flexibility index (Phi) is 5.39. The predicted molar refractivity (Wildman–Crippen MR) is 103 cm³/mol. The maximum Gasteiger partial charge on any atom is 0.410 e. The molecule has 0 radical (unpaired) electrons. The van der Waals surface area contributed by atoms with E-state index in [1.807, 2.05) is 56.5 Å². The van der Waals surface area contributed by atoms with Gasteiger partial charge in [-0.3, -0.25) is 4.79 Å². The van der Waals surface area contributed by atoms with E-state index in [4.69, 9.17) is 4.74 Å². The van der Waals surface area contributed by atoms with Gasteiger partial charge in [0.05, 0.1) is 17.4 Å². The second kappa shape index (κ2) is 7.58. The smallest absolute Gasteiger partial charge is 0.410 e. The van der Waals surface area contributed by atoms with E-state index >= 15 is 0 Å². The van der Waals surface area contributed by atoms with Crippen LogP contribution in [0.2, 0.25) is 0 Å². The molecule has 146 valence electrons. The van der Waals surface area contributed by atoms with Gasteiger partial charge in [0.15, 0.2) is 0 Å². The first-order valence-corrected chi connectivity index (χ1v) is 9.44. The number of aromatic nitrogens is 2. The third kappa shape index (κ3) is 4.59. The number of nitrogens with one attached hydrogen (secondary N) is 1. The number of hydrogen-bond acceptors (Lipinski definition) is 4. The summed E-state index contributed by atoms with van der Waals surface area (Å²) in [5.74, 6) is -0.0335. The normalized spacial score (nSPS) is 17.0. The summed E-state index contributed by atoms with van der Waals surface area (Å²) < 4.78 is 7.30. The molecule has 1 fully saturated rings. The standard InChI is InChI=1S/C20H28N4O3/c1-14(24-13-21-16-7-5-6-8-17(16)24)18(25)22-15-9-11-23(12-10-15)19(26)27-20(2,3)4/h5-8,13-15H,9-12H2,1-4H3,(H,22,25)/t14-/m1/s1. The van der Waals surface area contributed by atoms with Gasteiger partial charge in [-0.2, -0.15) is 0 Å². The highest BCUT2D eigenvalue weighted by Crippen LogP contribution is 2.19. The number of amides is 2. The molecule has 2 heterocycles. The van der Waals surface area contributed by atoms with Crippen molar-refractivity contribution in [2.75, 3.05) is 13.1 Å². The van der Waals surface area contributed by atoms with Gasteiger partial charge in [-0.25, -0.2) is 9.78 Å². The zero-order valence-corrected chi connectivity index (χ0v) is 16.4. The average molecular weight is 372 g/mol. The minimum absolute atomic E-state index is 0.0335. The van der Waals surface area contributed by atoms with Crippen molar-refractivity contribution in [2.24, 2.45) is 0 Å². The molecular formula is C20H28N4O3. The summed E-state index contributed by atoms with van der Waals surface area (Å²) in [6.45, 7) is 8.63. The molecule has 0 saturated carbocycles. The summed E-state index contributed by atoms with van der Waals surface area (Å²) in [6, 6.07) is 7.49. The Bertz CT molecular complexity index is 816. The number of ether oxygens (including phenoxy) is 1. The number of carbonyl (C=O) groups is 2. The van der Waals surface area contributed by atoms with E-state index in [2.05, 4.69) is 10.3 Å². The molecule has 0 unspecified atom stereocenters. The Morgan fingerprint density at radius 2 is 1.89 bits per heavy atom. The maximum absolute atomic E-state index is 12.7. The van der Waals surface area contributed by atoms with Crippen molar-refractivity contribution in [1.82, 2.24) is 19.8 Å². The molecule has 7 heteroatoms. The van der Waals surface area contributed by atoms with E-state index in [-0.39, 0.29) is 24.1 Å². The summed E-state index contributed by atoms with van der Waals surface area (Å²) in [7, 11) is 0. The van der Waals surface area contributed by atoms with Crippen LogP contribution in [-0.4, -0.2) is 51.2 Å². The van der Waals surface area contributed by atoms with Gasteiger partial charge < -0.3 is 19.5 Å². The predicted octanol–water partition coefficient (Wildman–Crippen LogP) is 3.11. The summed E-state index contributed by atoms with van der Waals surface area (Å²) in [5.41, 5.74) is 1.33. The number of likely N-dealkylation sites (tertiary alicyclic amines) is 1. The molecule has 0 bridgehead atoms. The molecule has 0 aliphatic carbocycles. The Balaban J connectivity index is 1.54. The van der Waals surface area contributed by atoms with Gasteiger partial charge >= 0.3 is 6.09 Å². The largest absolute Gasteiger partial charge is 0.444 e. The fourth-order valence-corrected chi connectivity index (χ4v) is 3.27. The highest BCUT2D eigenvalue weighted by atomic mass is 16.6. The van der Waals surface area contributed by atoms with Crippen molar-refractivity contribution in [1.29, 1.82) is 0 Å². The molecule has 1 aromatic carbocycles. The monoisotopic (exact) mass is 372 g/mol. The SMILES string of the molecule is C[C@H](C(=O)NC1CCN(C(=O)OC(C)(C)C)CC1)n1cnc2ccccc21. The van der Waals surface area contributed by atoms with Gasteiger partial charge in [0.2, 0.25) is 5.91 Å². The molecule has 3 rings (SSSR count). The minimum Gasteiger partial charge on any atom is -0.444 e. The summed E-state index contributed by atoms with van der Waals surface area (Å²) in [5, 5.41) is 3.11. The number of piperidine rings is 1. The Morgan fingerprint density at radius 1 is 1.22 bits per heavy atom. The van der Waals surface area contributed by atoms with Crippen molar-refractivity contribution < 1.29 is 14.3 Å². The van der Waals surface area contributed by atoms with Gasteiger partial charge in [-0.15, -0.1) is 0 Å². The molecule has 1 N–H and O–H groups in total. The van der Waals surface area contributed by atoms with Crippen molar-refractivity contribution >= 4 is 23.0 Å². The van der Waals surface area contributed by atoms with Gasteiger partial charge in [-0.1, -0.05) is 12.1 Å². The zero-order chi connectivity index (χ0) is 19.6. The Hall–Kier alpha value is -2.57. The number of para-hydroxylation sites is 2. The van der Waals surface area contributed by atoms with Crippen LogP contribution in [0.25, 0.3) is 11.0 Å². The molecule has 0 spiro atoms. The van der Waals surface area contributed by atoms with Crippen LogP contribution in [-0.2, 0) is 9.53 Å². The first-order chi connectivity index (χ1) is 12.7. The fraction of sp³-hybridized carbons (Fsp3) is 0.550. The minimum atomic E-state index is -0.495. The lowest BCUT2D eigenvalue weighted by molar-refractivity contribution is -0.124. The number of carbonyl (C=O) groups excluding carboxylic acids is 2. The van der Waals surface area contributed by atoms with E-state index in [0.29, 0.717) is 13.1 Å². The summed E-state index contributed by atoms with van der Waals surface area (Å²) in [6.07, 6.45) is 2.87. The summed E-state index contributed by atoms with van der Waals surface area (Å²) in [4.78, 5) is 30.9. The Morgan fingerprint density at radius 3 is 2.56 bits per heavy atom. The molecule has 1 saturated heterocycles. The number of fused-ring (bicyclic) bond motifs is 1. The van der Waals surface area contributed by atoms with Crippen molar-refractivity contribution in [3.63, 3.8) is 0 Å². The lowest BCUT2D eigenvalue weighted by Gasteiger charge is -2.34. The van der Waals surface area contributed by atoms with E-state index in [1.54, 1.807) is 11.2 Å².